The Hall–Kier alpha value is -3.50. The molecule has 1 aromatic carbocycles. The number of hydrogen-bond donors (Lipinski definition) is 1. The standard InChI is InChI=1S/C23H23F4N5O2/c1-22(2,3)34-21(33)32-11-16(24)17(12-32)29-20-19-15(5-4-10-28-19)18(30-31-20)13-6-8-14(9-7-13)23(25,26)27/h4-10,16-17H,11-12H2,1-3H3,(H,29,31)/t16-,17-/m1/s1. The van der Waals surface area contributed by atoms with E-state index in [4.69, 9.17) is 4.74 Å². The molecule has 0 spiro atoms. The molecule has 1 saturated heterocycles. The summed E-state index contributed by atoms with van der Waals surface area (Å²) in [5, 5.41) is 11.8. The first kappa shape index (κ1) is 23.7. The van der Waals surface area contributed by atoms with Gasteiger partial charge in [0, 0.05) is 23.7 Å². The van der Waals surface area contributed by atoms with Crippen LogP contribution in [0.25, 0.3) is 22.2 Å². The third-order valence-electron chi connectivity index (χ3n) is 5.25. The van der Waals surface area contributed by atoms with E-state index >= 15 is 0 Å². The van der Waals surface area contributed by atoms with Gasteiger partial charge in [-0.2, -0.15) is 13.2 Å². The van der Waals surface area contributed by atoms with Gasteiger partial charge in [0.05, 0.1) is 18.2 Å². The molecule has 1 amide bonds. The van der Waals surface area contributed by atoms with Gasteiger partial charge in [-0.15, -0.1) is 10.2 Å². The summed E-state index contributed by atoms with van der Waals surface area (Å²) in [6.45, 7) is 5.13. The number of fused-ring (bicyclic) bond motifs is 1. The van der Waals surface area contributed by atoms with Crippen molar-refractivity contribution < 1.29 is 27.1 Å². The van der Waals surface area contributed by atoms with Crippen molar-refractivity contribution in [1.29, 1.82) is 0 Å². The monoisotopic (exact) mass is 477 g/mol. The van der Waals surface area contributed by atoms with Gasteiger partial charge >= 0.3 is 12.3 Å². The van der Waals surface area contributed by atoms with Crippen LogP contribution in [-0.2, 0) is 10.9 Å². The lowest BCUT2D eigenvalue weighted by Crippen LogP contribution is -2.36. The van der Waals surface area contributed by atoms with Crippen LogP contribution < -0.4 is 5.32 Å². The van der Waals surface area contributed by atoms with E-state index in [1.165, 1.54) is 23.2 Å². The summed E-state index contributed by atoms with van der Waals surface area (Å²) in [6, 6.07) is 7.21. The lowest BCUT2D eigenvalue weighted by molar-refractivity contribution is -0.137. The summed E-state index contributed by atoms with van der Waals surface area (Å²) in [5.41, 5.74) is -0.301. The molecule has 1 aliphatic heterocycles. The second-order valence-electron chi connectivity index (χ2n) is 9.02. The molecule has 2 aromatic heterocycles. The molecule has 1 N–H and O–H groups in total. The predicted octanol–water partition coefficient (Wildman–Crippen LogP) is 5.08. The van der Waals surface area contributed by atoms with Crippen LogP contribution in [0.5, 0.6) is 0 Å². The van der Waals surface area contributed by atoms with Crippen LogP contribution in [0.4, 0.5) is 28.2 Å². The van der Waals surface area contributed by atoms with E-state index in [2.05, 4.69) is 20.5 Å². The van der Waals surface area contributed by atoms with Gasteiger partial charge in [-0.25, -0.2) is 9.18 Å². The van der Waals surface area contributed by atoms with E-state index in [1.54, 1.807) is 32.9 Å². The van der Waals surface area contributed by atoms with Crippen molar-refractivity contribution in [3.8, 4) is 11.3 Å². The smallest absolute Gasteiger partial charge is 0.416 e. The molecule has 3 aromatic rings. The molecule has 0 aliphatic carbocycles. The number of nitrogens with one attached hydrogen (secondary N) is 1. The number of carbonyl (C=O) groups is 1. The maximum absolute atomic E-state index is 14.7. The predicted molar refractivity (Wildman–Crippen MR) is 118 cm³/mol. The number of amides is 1. The van der Waals surface area contributed by atoms with Crippen LogP contribution in [0.15, 0.2) is 42.6 Å². The molecule has 34 heavy (non-hydrogen) atoms. The van der Waals surface area contributed by atoms with Crippen molar-refractivity contribution in [3.05, 3.63) is 48.2 Å². The van der Waals surface area contributed by atoms with Gasteiger partial charge in [-0.05, 0) is 45.0 Å². The van der Waals surface area contributed by atoms with Crippen LogP contribution in [0.2, 0.25) is 0 Å². The van der Waals surface area contributed by atoms with Gasteiger partial charge in [0.15, 0.2) is 5.82 Å². The molecule has 0 bridgehead atoms. The number of aromatic nitrogens is 3. The molecule has 1 aliphatic rings. The molecular weight excluding hydrogens is 454 g/mol. The Morgan fingerprint density at radius 2 is 1.79 bits per heavy atom. The summed E-state index contributed by atoms with van der Waals surface area (Å²) in [7, 11) is 0. The molecule has 0 unspecified atom stereocenters. The largest absolute Gasteiger partial charge is 0.444 e. The highest BCUT2D eigenvalue weighted by atomic mass is 19.4. The molecule has 3 heterocycles. The van der Waals surface area contributed by atoms with Gasteiger partial charge in [-0.1, -0.05) is 12.1 Å². The molecule has 0 saturated carbocycles. The number of nitrogens with zero attached hydrogens (tertiary/aromatic N) is 4. The van der Waals surface area contributed by atoms with Crippen molar-refractivity contribution in [3.63, 3.8) is 0 Å². The number of alkyl halides is 4. The lowest BCUT2D eigenvalue weighted by atomic mass is 10.0. The molecule has 0 radical (unpaired) electrons. The van der Waals surface area contributed by atoms with Crippen molar-refractivity contribution in [1.82, 2.24) is 20.1 Å². The second kappa shape index (κ2) is 8.69. The van der Waals surface area contributed by atoms with Crippen LogP contribution in [0, 0.1) is 0 Å². The van der Waals surface area contributed by atoms with Gasteiger partial charge in [-0.3, -0.25) is 4.98 Å². The number of anilines is 1. The fourth-order valence-electron chi connectivity index (χ4n) is 3.67. The van der Waals surface area contributed by atoms with Crippen LogP contribution in [0.3, 0.4) is 0 Å². The highest BCUT2D eigenvalue weighted by molar-refractivity contribution is 5.97. The fourth-order valence-corrected chi connectivity index (χ4v) is 3.67. The first-order valence-corrected chi connectivity index (χ1v) is 10.6. The van der Waals surface area contributed by atoms with Gasteiger partial charge in [0.25, 0.3) is 0 Å². The summed E-state index contributed by atoms with van der Waals surface area (Å²) in [4.78, 5) is 17.9. The maximum Gasteiger partial charge on any atom is 0.416 e. The maximum atomic E-state index is 14.7. The van der Waals surface area contributed by atoms with E-state index in [0.717, 1.165) is 12.1 Å². The Kier molecular flexibility index (Phi) is 6.05. The SMILES string of the molecule is CC(C)(C)OC(=O)N1C[C@@H](F)[C@H](Nc2nnc(-c3ccc(C(F)(F)F)cc3)c3cccnc23)C1. The molecule has 2 atom stereocenters. The van der Waals surface area contributed by atoms with Crippen molar-refractivity contribution in [2.75, 3.05) is 18.4 Å². The van der Waals surface area contributed by atoms with E-state index in [0.29, 0.717) is 22.2 Å². The zero-order chi connectivity index (χ0) is 24.7. The number of benzene rings is 1. The van der Waals surface area contributed by atoms with E-state index in [1.807, 2.05) is 0 Å². The number of likely N-dealkylation sites (tertiary alicyclic amines) is 1. The minimum Gasteiger partial charge on any atom is -0.444 e. The zero-order valence-corrected chi connectivity index (χ0v) is 18.7. The Balaban J connectivity index is 1.59. The highest BCUT2D eigenvalue weighted by Crippen LogP contribution is 2.33. The molecule has 7 nitrogen and oxygen atoms in total. The summed E-state index contributed by atoms with van der Waals surface area (Å²) in [5.74, 6) is 0.213. The number of ether oxygens (including phenoxy) is 1. The number of halogens is 4. The van der Waals surface area contributed by atoms with E-state index in [9.17, 15) is 22.4 Å². The Bertz CT molecular complexity index is 1190. The third kappa shape index (κ3) is 5.02. The first-order valence-electron chi connectivity index (χ1n) is 10.6. The Morgan fingerprint density at radius 1 is 1.09 bits per heavy atom. The summed E-state index contributed by atoms with van der Waals surface area (Å²) < 4.78 is 58.7. The fraction of sp³-hybridized carbons (Fsp3) is 0.391. The highest BCUT2D eigenvalue weighted by Gasteiger charge is 2.38. The number of pyridine rings is 1. The van der Waals surface area contributed by atoms with E-state index < -0.39 is 35.6 Å². The Labute approximate surface area is 193 Å². The second-order valence-corrected chi connectivity index (χ2v) is 9.02. The molecule has 1 fully saturated rings. The van der Waals surface area contributed by atoms with Crippen molar-refractivity contribution >= 4 is 22.8 Å². The van der Waals surface area contributed by atoms with E-state index in [-0.39, 0.29) is 18.9 Å². The number of carbonyl (C=O) groups excluding carboxylic acids is 1. The van der Waals surface area contributed by atoms with Gasteiger partial charge in [0.1, 0.15) is 23.0 Å². The van der Waals surface area contributed by atoms with Crippen molar-refractivity contribution in [2.45, 2.75) is 44.8 Å². The third-order valence-corrected chi connectivity index (χ3v) is 5.25. The average Bonchev–Trinajstić information content (AvgIpc) is 3.13. The normalized spacial score (nSPS) is 18.9. The topological polar surface area (TPSA) is 80.2 Å². The summed E-state index contributed by atoms with van der Waals surface area (Å²) >= 11 is 0. The minimum atomic E-state index is -4.45. The van der Waals surface area contributed by atoms with Crippen LogP contribution in [0.1, 0.15) is 26.3 Å². The zero-order valence-electron chi connectivity index (χ0n) is 18.7. The van der Waals surface area contributed by atoms with Crippen LogP contribution >= 0.6 is 0 Å². The average molecular weight is 477 g/mol. The molecule has 11 heteroatoms. The van der Waals surface area contributed by atoms with Crippen LogP contribution in [-0.4, -0.2) is 57.1 Å². The minimum absolute atomic E-state index is 0.0622. The Morgan fingerprint density at radius 3 is 2.44 bits per heavy atom. The summed E-state index contributed by atoms with van der Waals surface area (Å²) in [6.07, 6.45) is -4.90. The van der Waals surface area contributed by atoms with Crippen molar-refractivity contribution in [2.24, 2.45) is 0 Å². The molecule has 4 rings (SSSR count). The van der Waals surface area contributed by atoms with Gasteiger partial charge in [0.2, 0.25) is 0 Å². The lowest BCUT2D eigenvalue weighted by Gasteiger charge is -2.24. The number of rotatable bonds is 3. The molecular formula is C23H23F4N5O2. The molecule has 180 valence electrons. The first-order chi connectivity index (χ1) is 15.9. The van der Waals surface area contributed by atoms with Gasteiger partial charge < -0.3 is 15.0 Å². The quantitative estimate of drug-likeness (QED) is 0.530. The number of hydrogen-bond acceptors (Lipinski definition) is 6.